The van der Waals surface area contributed by atoms with Gasteiger partial charge in [-0.05, 0) is 20.8 Å². The monoisotopic (exact) mass is 199 g/mol. The van der Waals surface area contributed by atoms with Gasteiger partial charge in [0, 0.05) is 6.54 Å². The standard InChI is InChI=1S/C11H21NO2/c1-5-6-12-9-11(4)14-8-7-13-10(2)3/h1,10-12H,6-9H2,2-4H3. The Kier molecular flexibility index (Phi) is 8.65. The summed E-state index contributed by atoms with van der Waals surface area (Å²) in [5.74, 6) is 2.51. The van der Waals surface area contributed by atoms with Crippen molar-refractivity contribution in [3.8, 4) is 12.3 Å². The van der Waals surface area contributed by atoms with Crippen molar-refractivity contribution in [2.24, 2.45) is 0 Å². The van der Waals surface area contributed by atoms with E-state index < -0.39 is 0 Å². The van der Waals surface area contributed by atoms with Crippen LogP contribution in [-0.2, 0) is 9.47 Å². The fourth-order valence-electron chi connectivity index (χ4n) is 0.940. The number of hydrogen-bond donors (Lipinski definition) is 1. The van der Waals surface area contributed by atoms with E-state index in [0.29, 0.717) is 19.8 Å². The van der Waals surface area contributed by atoms with Crippen molar-refractivity contribution in [3.05, 3.63) is 0 Å². The van der Waals surface area contributed by atoms with E-state index in [0.717, 1.165) is 6.54 Å². The summed E-state index contributed by atoms with van der Waals surface area (Å²) in [6.07, 6.45) is 5.55. The molecule has 0 saturated carbocycles. The van der Waals surface area contributed by atoms with Crippen LogP contribution in [0, 0.1) is 12.3 Å². The molecule has 3 heteroatoms. The summed E-state index contributed by atoms with van der Waals surface area (Å²) in [4.78, 5) is 0. The lowest BCUT2D eigenvalue weighted by Gasteiger charge is -2.14. The molecule has 1 atom stereocenters. The van der Waals surface area contributed by atoms with Crippen molar-refractivity contribution >= 4 is 0 Å². The van der Waals surface area contributed by atoms with Crippen LogP contribution < -0.4 is 5.32 Å². The third-order valence-electron chi connectivity index (χ3n) is 1.60. The van der Waals surface area contributed by atoms with E-state index in [4.69, 9.17) is 15.9 Å². The molecule has 0 radical (unpaired) electrons. The molecular weight excluding hydrogens is 178 g/mol. The lowest BCUT2D eigenvalue weighted by Crippen LogP contribution is -2.28. The van der Waals surface area contributed by atoms with E-state index in [1.54, 1.807) is 0 Å². The molecule has 0 bridgehead atoms. The Morgan fingerprint density at radius 2 is 1.86 bits per heavy atom. The van der Waals surface area contributed by atoms with Crippen molar-refractivity contribution < 1.29 is 9.47 Å². The first kappa shape index (κ1) is 13.4. The summed E-state index contributed by atoms with van der Waals surface area (Å²) < 4.78 is 10.8. The molecule has 1 unspecified atom stereocenters. The predicted octanol–water partition coefficient (Wildman–Crippen LogP) is 1.04. The Morgan fingerprint density at radius 1 is 1.21 bits per heavy atom. The van der Waals surface area contributed by atoms with Crippen molar-refractivity contribution in [1.82, 2.24) is 5.32 Å². The molecule has 0 aliphatic rings. The van der Waals surface area contributed by atoms with Gasteiger partial charge in [0.15, 0.2) is 0 Å². The first-order valence-corrected chi connectivity index (χ1v) is 5.04. The smallest absolute Gasteiger partial charge is 0.0704 e. The van der Waals surface area contributed by atoms with E-state index >= 15 is 0 Å². The Hall–Kier alpha value is -0.560. The minimum atomic E-state index is 0.180. The molecule has 3 nitrogen and oxygen atoms in total. The topological polar surface area (TPSA) is 30.5 Å². The molecule has 0 amide bonds. The van der Waals surface area contributed by atoms with Gasteiger partial charge in [0.1, 0.15) is 0 Å². The molecule has 0 aliphatic carbocycles. The first-order valence-electron chi connectivity index (χ1n) is 5.04. The Bertz CT molecular complexity index is 163. The summed E-state index contributed by atoms with van der Waals surface area (Å²) in [7, 11) is 0. The highest BCUT2D eigenvalue weighted by Gasteiger charge is 2.00. The third-order valence-corrected chi connectivity index (χ3v) is 1.60. The molecular formula is C11H21NO2. The average molecular weight is 199 g/mol. The van der Waals surface area contributed by atoms with E-state index in [1.165, 1.54) is 0 Å². The minimum absolute atomic E-state index is 0.180. The second-order valence-corrected chi connectivity index (χ2v) is 3.44. The van der Waals surface area contributed by atoms with Gasteiger partial charge in [0.2, 0.25) is 0 Å². The summed E-state index contributed by atoms with van der Waals surface area (Å²) in [5, 5.41) is 3.08. The maximum Gasteiger partial charge on any atom is 0.0704 e. The third kappa shape index (κ3) is 9.53. The predicted molar refractivity (Wildman–Crippen MR) is 58.2 cm³/mol. The highest BCUT2D eigenvalue weighted by molar-refractivity contribution is 4.86. The van der Waals surface area contributed by atoms with Crippen LogP contribution in [0.15, 0.2) is 0 Å². The van der Waals surface area contributed by atoms with Crippen LogP contribution in [0.4, 0.5) is 0 Å². The minimum Gasteiger partial charge on any atom is -0.376 e. The quantitative estimate of drug-likeness (QED) is 0.468. The number of rotatable bonds is 8. The summed E-state index contributed by atoms with van der Waals surface area (Å²) in [6.45, 7) is 8.70. The second kappa shape index (κ2) is 9.01. The highest BCUT2D eigenvalue weighted by atomic mass is 16.5. The van der Waals surface area contributed by atoms with Crippen molar-refractivity contribution in [2.45, 2.75) is 33.0 Å². The van der Waals surface area contributed by atoms with Gasteiger partial charge in [-0.25, -0.2) is 0 Å². The number of hydrogen-bond acceptors (Lipinski definition) is 3. The average Bonchev–Trinajstić information content (AvgIpc) is 2.13. The first-order chi connectivity index (χ1) is 6.66. The number of terminal acetylenes is 1. The van der Waals surface area contributed by atoms with Gasteiger partial charge in [0.05, 0.1) is 32.0 Å². The molecule has 0 rings (SSSR count). The zero-order valence-corrected chi connectivity index (χ0v) is 9.38. The van der Waals surface area contributed by atoms with E-state index in [-0.39, 0.29) is 12.2 Å². The van der Waals surface area contributed by atoms with E-state index in [9.17, 15) is 0 Å². The van der Waals surface area contributed by atoms with Crippen molar-refractivity contribution in [1.29, 1.82) is 0 Å². The normalized spacial score (nSPS) is 12.8. The van der Waals surface area contributed by atoms with Crippen LogP contribution in [0.5, 0.6) is 0 Å². The van der Waals surface area contributed by atoms with Crippen molar-refractivity contribution in [2.75, 3.05) is 26.3 Å². The fourth-order valence-corrected chi connectivity index (χ4v) is 0.940. The summed E-state index contributed by atoms with van der Waals surface area (Å²) in [5.41, 5.74) is 0. The molecule has 0 aromatic rings. The Morgan fingerprint density at radius 3 is 2.43 bits per heavy atom. The van der Waals surface area contributed by atoms with Gasteiger partial charge in [0.25, 0.3) is 0 Å². The molecule has 1 N–H and O–H groups in total. The maximum absolute atomic E-state index is 5.48. The van der Waals surface area contributed by atoms with Gasteiger partial charge in [-0.3, -0.25) is 0 Å². The second-order valence-electron chi connectivity index (χ2n) is 3.44. The van der Waals surface area contributed by atoms with Crippen LogP contribution >= 0.6 is 0 Å². The van der Waals surface area contributed by atoms with Crippen LogP contribution in [0.3, 0.4) is 0 Å². The summed E-state index contributed by atoms with van der Waals surface area (Å²) >= 11 is 0. The molecule has 0 aromatic heterocycles. The van der Waals surface area contributed by atoms with E-state index in [1.807, 2.05) is 20.8 Å². The summed E-state index contributed by atoms with van der Waals surface area (Å²) in [6, 6.07) is 0. The molecule has 0 heterocycles. The molecule has 82 valence electrons. The van der Waals surface area contributed by atoms with Gasteiger partial charge in [-0.15, -0.1) is 6.42 Å². The highest BCUT2D eigenvalue weighted by Crippen LogP contribution is 1.91. The van der Waals surface area contributed by atoms with Crippen LogP contribution in [0.25, 0.3) is 0 Å². The SMILES string of the molecule is C#CCNCC(C)OCCOC(C)C. The van der Waals surface area contributed by atoms with Gasteiger partial charge >= 0.3 is 0 Å². The maximum atomic E-state index is 5.48. The lowest BCUT2D eigenvalue weighted by atomic mass is 10.4. The lowest BCUT2D eigenvalue weighted by molar-refractivity contribution is -0.00580. The molecule has 0 aromatic carbocycles. The van der Waals surface area contributed by atoms with Crippen LogP contribution in [-0.4, -0.2) is 38.5 Å². The number of nitrogens with one attached hydrogen (secondary N) is 1. The largest absolute Gasteiger partial charge is 0.376 e. The molecule has 0 saturated heterocycles. The van der Waals surface area contributed by atoms with Gasteiger partial charge in [-0.2, -0.15) is 0 Å². The van der Waals surface area contributed by atoms with Gasteiger partial charge < -0.3 is 14.8 Å². The zero-order valence-electron chi connectivity index (χ0n) is 9.38. The molecule has 0 spiro atoms. The Balaban J connectivity index is 3.19. The molecule has 14 heavy (non-hydrogen) atoms. The van der Waals surface area contributed by atoms with Crippen LogP contribution in [0.1, 0.15) is 20.8 Å². The number of ether oxygens (including phenoxy) is 2. The van der Waals surface area contributed by atoms with Gasteiger partial charge in [-0.1, -0.05) is 5.92 Å². The molecule has 0 fully saturated rings. The van der Waals surface area contributed by atoms with Crippen LogP contribution in [0.2, 0.25) is 0 Å². The fraction of sp³-hybridized carbons (Fsp3) is 0.818. The van der Waals surface area contributed by atoms with Crippen molar-refractivity contribution in [3.63, 3.8) is 0 Å². The Labute approximate surface area is 87.2 Å². The zero-order chi connectivity index (χ0) is 10.8. The van der Waals surface area contributed by atoms with E-state index in [2.05, 4.69) is 11.2 Å². The molecule has 0 aliphatic heterocycles.